The summed E-state index contributed by atoms with van der Waals surface area (Å²) >= 11 is 1.66. The first kappa shape index (κ1) is 29.7. The van der Waals surface area contributed by atoms with Crippen molar-refractivity contribution in [3.05, 3.63) is 24.3 Å². The van der Waals surface area contributed by atoms with E-state index in [1.54, 1.807) is 16.7 Å². The van der Waals surface area contributed by atoms with Gasteiger partial charge in [0.2, 0.25) is 17.7 Å². The van der Waals surface area contributed by atoms with Gasteiger partial charge in [0.1, 0.15) is 6.04 Å². The molecule has 3 heterocycles. The van der Waals surface area contributed by atoms with Gasteiger partial charge in [-0.05, 0) is 76.6 Å². The molecule has 6 atom stereocenters. The molecule has 3 aliphatic rings. The molecule has 3 N–H and O–H groups in total. The lowest BCUT2D eigenvalue weighted by Crippen LogP contribution is -2.55. The number of likely N-dealkylation sites (tertiary alicyclic amines) is 1. The Labute approximate surface area is 237 Å². The number of carbonyl (C=O) groups is 3. The number of fused-ring (bicyclic) bond motifs is 1. The lowest BCUT2D eigenvalue weighted by atomic mass is 9.66. The normalized spacial score (nSPS) is 30.0. The average Bonchev–Trinajstić information content (AvgIpc) is 3.48. The molecule has 1 aromatic rings. The SMILES string of the molecule is CCCNC(=O)[C@@H]1[C@H]2C(=O)N([C@@H](CO)CC(C)C)C(C(=O)Nc3ccc(N(CC)CC)cc3)C23CC[C@@]1(C)S3. The van der Waals surface area contributed by atoms with Gasteiger partial charge in [0.15, 0.2) is 0 Å². The Morgan fingerprint density at radius 2 is 1.79 bits per heavy atom. The van der Waals surface area contributed by atoms with Crippen LogP contribution < -0.4 is 15.5 Å². The molecular weight excluding hydrogens is 512 g/mol. The molecule has 0 saturated carbocycles. The number of nitrogens with one attached hydrogen (secondary N) is 2. The molecule has 8 nitrogen and oxygen atoms in total. The fourth-order valence-electron chi connectivity index (χ4n) is 7.19. The highest BCUT2D eigenvalue weighted by atomic mass is 32.2. The van der Waals surface area contributed by atoms with E-state index >= 15 is 0 Å². The first-order valence-corrected chi connectivity index (χ1v) is 15.4. The molecule has 216 valence electrons. The zero-order chi connectivity index (χ0) is 28.5. The van der Waals surface area contributed by atoms with Gasteiger partial charge < -0.3 is 25.5 Å². The Kier molecular flexibility index (Phi) is 8.91. The number of aliphatic hydroxyl groups is 1. The molecule has 2 bridgehead atoms. The smallest absolute Gasteiger partial charge is 0.248 e. The Bertz CT molecular complexity index is 1060. The van der Waals surface area contributed by atoms with E-state index in [1.807, 2.05) is 31.2 Å². The van der Waals surface area contributed by atoms with Crippen molar-refractivity contribution in [3.63, 3.8) is 0 Å². The van der Waals surface area contributed by atoms with Gasteiger partial charge in [-0.15, -0.1) is 11.8 Å². The fourth-order valence-corrected chi connectivity index (χ4v) is 9.53. The van der Waals surface area contributed by atoms with Gasteiger partial charge in [-0.1, -0.05) is 20.8 Å². The third-order valence-electron chi connectivity index (χ3n) is 8.91. The number of rotatable bonds is 12. The number of hydrogen-bond donors (Lipinski definition) is 3. The molecule has 3 aliphatic heterocycles. The van der Waals surface area contributed by atoms with Crippen LogP contribution in [0.4, 0.5) is 11.4 Å². The van der Waals surface area contributed by atoms with Gasteiger partial charge in [-0.25, -0.2) is 0 Å². The summed E-state index contributed by atoms with van der Waals surface area (Å²) in [6.45, 7) is 14.6. The van der Waals surface area contributed by atoms with E-state index in [2.05, 4.69) is 50.2 Å². The lowest BCUT2D eigenvalue weighted by Gasteiger charge is -2.37. The number of hydrogen-bond acceptors (Lipinski definition) is 6. The highest BCUT2D eigenvalue weighted by Gasteiger charge is 2.77. The highest BCUT2D eigenvalue weighted by Crippen LogP contribution is 2.71. The second kappa shape index (κ2) is 11.7. The molecule has 3 fully saturated rings. The summed E-state index contributed by atoms with van der Waals surface area (Å²) < 4.78 is -1.10. The number of aliphatic hydroxyl groups excluding tert-OH is 1. The molecular formula is C30H46N4O4S. The molecule has 3 saturated heterocycles. The van der Waals surface area contributed by atoms with Crippen molar-refractivity contribution in [3.8, 4) is 0 Å². The van der Waals surface area contributed by atoms with E-state index in [0.29, 0.717) is 25.1 Å². The monoisotopic (exact) mass is 558 g/mol. The van der Waals surface area contributed by atoms with E-state index in [1.165, 1.54) is 0 Å². The second-order valence-corrected chi connectivity index (χ2v) is 13.8. The van der Waals surface area contributed by atoms with Crippen LogP contribution in [0, 0.1) is 17.8 Å². The molecule has 1 aromatic carbocycles. The van der Waals surface area contributed by atoms with Crippen molar-refractivity contribution in [1.82, 2.24) is 10.2 Å². The van der Waals surface area contributed by atoms with Crippen LogP contribution in [0.1, 0.15) is 67.2 Å². The number of nitrogens with zero attached hydrogens (tertiary/aromatic N) is 2. The molecule has 0 aromatic heterocycles. The Balaban J connectivity index is 1.70. The minimum Gasteiger partial charge on any atom is -0.394 e. The van der Waals surface area contributed by atoms with Crippen LogP contribution >= 0.6 is 11.8 Å². The quantitative estimate of drug-likeness (QED) is 0.360. The molecule has 1 spiro atoms. The van der Waals surface area contributed by atoms with Crippen molar-refractivity contribution in [1.29, 1.82) is 0 Å². The number of carbonyl (C=O) groups excluding carboxylic acids is 3. The highest BCUT2D eigenvalue weighted by molar-refractivity contribution is 8.02. The Morgan fingerprint density at radius 3 is 2.36 bits per heavy atom. The van der Waals surface area contributed by atoms with Crippen molar-refractivity contribution < 1.29 is 19.5 Å². The molecule has 2 unspecified atom stereocenters. The van der Waals surface area contributed by atoms with Crippen LogP contribution in [0.25, 0.3) is 0 Å². The summed E-state index contributed by atoms with van der Waals surface area (Å²) in [6, 6.07) is 6.57. The summed E-state index contributed by atoms with van der Waals surface area (Å²) in [7, 11) is 0. The topological polar surface area (TPSA) is 102 Å². The molecule has 0 aliphatic carbocycles. The minimum absolute atomic E-state index is 0.0933. The van der Waals surface area contributed by atoms with E-state index in [9.17, 15) is 19.5 Å². The van der Waals surface area contributed by atoms with Gasteiger partial charge in [0.05, 0.1) is 29.2 Å². The predicted octanol–water partition coefficient (Wildman–Crippen LogP) is 3.89. The van der Waals surface area contributed by atoms with E-state index in [0.717, 1.165) is 31.6 Å². The van der Waals surface area contributed by atoms with Crippen LogP contribution in [0.2, 0.25) is 0 Å². The summed E-state index contributed by atoms with van der Waals surface area (Å²) in [5.74, 6) is -1.35. The first-order valence-electron chi connectivity index (χ1n) is 14.6. The van der Waals surface area contributed by atoms with Crippen molar-refractivity contribution in [2.24, 2.45) is 17.8 Å². The van der Waals surface area contributed by atoms with Gasteiger partial charge in [0, 0.05) is 35.8 Å². The van der Waals surface area contributed by atoms with Gasteiger partial charge in [-0.3, -0.25) is 14.4 Å². The maximum atomic E-state index is 14.3. The molecule has 4 rings (SSSR count). The predicted molar refractivity (Wildman–Crippen MR) is 158 cm³/mol. The van der Waals surface area contributed by atoms with Gasteiger partial charge >= 0.3 is 0 Å². The van der Waals surface area contributed by atoms with Crippen LogP contribution in [0.3, 0.4) is 0 Å². The zero-order valence-electron chi connectivity index (χ0n) is 24.3. The standard InChI is InChI=1S/C30H46N4O4S/c1-7-16-31-26(36)23-24-28(38)34(22(18-35)17-19(4)5)25(30(24)15-14-29(23,6)39-30)27(37)32-20-10-12-21(13-11-20)33(8-2)9-3/h10-13,19,22-25,35H,7-9,14-18H2,1-6H3,(H,31,36)(H,32,37)/t22-,23+,24+,25?,29-,30?/m1/s1. The molecule has 3 amide bonds. The summed E-state index contributed by atoms with van der Waals surface area (Å²) in [6.07, 6.45) is 2.87. The largest absolute Gasteiger partial charge is 0.394 e. The maximum Gasteiger partial charge on any atom is 0.248 e. The molecule has 39 heavy (non-hydrogen) atoms. The Hall–Kier alpha value is -2.26. The average molecular weight is 559 g/mol. The van der Waals surface area contributed by atoms with Crippen LogP contribution in [-0.2, 0) is 14.4 Å². The summed E-state index contributed by atoms with van der Waals surface area (Å²) in [4.78, 5) is 45.8. The van der Waals surface area contributed by atoms with Gasteiger partial charge in [-0.2, -0.15) is 0 Å². The number of thioether (sulfide) groups is 1. The van der Waals surface area contributed by atoms with E-state index in [-0.39, 0.29) is 30.2 Å². The van der Waals surface area contributed by atoms with Crippen molar-refractivity contribution >= 4 is 40.9 Å². The molecule has 9 heteroatoms. The summed E-state index contributed by atoms with van der Waals surface area (Å²) in [5, 5.41) is 16.6. The molecule has 0 radical (unpaired) electrons. The van der Waals surface area contributed by atoms with Crippen molar-refractivity contribution in [2.75, 3.05) is 36.5 Å². The third kappa shape index (κ3) is 5.17. The third-order valence-corrected chi connectivity index (χ3v) is 10.9. The number of anilines is 2. The first-order chi connectivity index (χ1) is 18.6. The number of benzene rings is 1. The van der Waals surface area contributed by atoms with Crippen LogP contribution in [0.15, 0.2) is 24.3 Å². The Morgan fingerprint density at radius 1 is 1.13 bits per heavy atom. The van der Waals surface area contributed by atoms with Crippen molar-refractivity contribution in [2.45, 2.75) is 88.8 Å². The van der Waals surface area contributed by atoms with E-state index in [4.69, 9.17) is 0 Å². The lowest BCUT2D eigenvalue weighted by molar-refractivity contribution is -0.143. The number of amides is 3. The fraction of sp³-hybridized carbons (Fsp3) is 0.700. The van der Waals surface area contributed by atoms with Crippen LogP contribution in [0.5, 0.6) is 0 Å². The van der Waals surface area contributed by atoms with E-state index < -0.39 is 33.4 Å². The second-order valence-electron chi connectivity index (χ2n) is 11.9. The van der Waals surface area contributed by atoms with Gasteiger partial charge in [0.25, 0.3) is 0 Å². The zero-order valence-corrected chi connectivity index (χ0v) is 25.1. The summed E-state index contributed by atoms with van der Waals surface area (Å²) in [5.41, 5.74) is 1.76. The maximum absolute atomic E-state index is 14.3. The van der Waals surface area contributed by atoms with Crippen LogP contribution in [-0.4, -0.2) is 75.5 Å². The minimum atomic E-state index is -0.760.